The van der Waals surface area contributed by atoms with Crippen LogP contribution in [0.25, 0.3) is 0 Å². The maximum atomic E-state index is 11.9. The van der Waals surface area contributed by atoms with Crippen LogP contribution in [-0.4, -0.2) is 19.6 Å². The monoisotopic (exact) mass is 291 g/mol. The third-order valence-electron chi connectivity index (χ3n) is 2.28. The number of hydrogen-bond acceptors (Lipinski definition) is 4. The van der Waals surface area contributed by atoms with Crippen molar-refractivity contribution in [2.24, 2.45) is 0 Å². The molecule has 0 radical (unpaired) electrons. The van der Waals surface area contributed by atoms with Crippen LogP contribution in [0, 0.1) is 11.3 Å². The van der Waals surface area contributed by atoms with E-state index in [4.69, 9.17) is 21.6 Å². The number of amides is 1. The zero-order chi connectivity index (χ0) is 15.0. The van der Waals surface area contributed by atoms with E-state index in [0.29, 0.717) is 23.0 Å². The van der Waals surface area contributed by atoms with Crippen molar-refractivity contribution in [2.45, 2.75) is 0 Å². The average Bonchev–Trinajstić information content (AvgIpc) is 2.43. The summed E-state index contributed by atoms with van der Waals surface area (Å²) in [6.45, 7) is 3.99. The lowest BCUT2D eigenvalue weighted by Crippen LogP contribution is -2.16. The highest BCUT2D eigenvalue weighted by Gasteiger charge is 2.10. The number of nitrogens with zero attached hydrogens (tertiary/aromatic N) is 1. The van der Waals surface area contributed by atoms with Crippen molar-refractivity contribution in [3.8, 4) is 11.8 Å². The van der Waals surface area contributed by atoms with Crippen LogP contribution in [0.4, 0.5) is 5.69 Å². The van der Waals surface area contributed by atoms with E-state index < -0.39 is 5.91 Å². The summed E-state index contributed by atoms with van der Waals surface area (Å²) in [7, 11) is 1.50. The Kier molecular flexibility index (Phi) is 6.14. The number of carbonyl (C=O) groups excluding carboxylic acids is 1. The molecule has 1 rings (SSSR count). The van der Waals surface area contributed by atoms with E-state index in [0.717, 1.165) is 0 Å². The first-order chi connectivity index (χ1) is 9.62. The van der Waals surface area contributed by atoms with Gasteiger partial charge in [0.05, 0.1) is 12.1 Å². The summed E-state index contributed by atoms with van der Waals surface area (Å²) in [4.78, 5) is 11.9. The average molecular weight is 292 g/mol. The molecule has 5 nitrogen and oxygen atoms in total. The summed E-state index contributed by atoms with van der Waals surface area (Å²) < 4.78 is 5.01. The normalized spacial score (nSPS) is 10.3. The van der Waals surface area contributed by atoms with Gasteiger partial charge in [0, 0.05) is 18.4 Å². The molecule has 6 heteroatoms. The molecule has 2 N–H and O–H groups in total. The fraction of sp³-hybridized carbons (Fsp3) is 0.143. The summed E-state index contributed by atoms with van der Waals surface area (Å²) in [5, 5.41) is 14.6. The molecule has 0 aliphatic heterocycles. The summed E-state index contributed by atoms with van der Waals surface area (Å²) in [5.41, 5.74) is 0.435. The standard InChI is InChI=1S/C14H14ClN3O2/c1-3-6-17-9-10(8-16)14(19)18-11-4-5-13(20-2)12(15)7-11/h3-5,7,9,17H,1,6H2,2H3,(H,18,19)/b10-9-. The van der Waals surface area contributed by atoms with Crippen LogP contribution in [0.2, 0.25) is 5.02 Å². The zero-order valence-corrected chi connectivity index (χ0v) is 11.7. The second kappa shape index (κ2) is 7.87. The first-order valence-electron chi connectivity index (χ1n) is 5.71. The van der Waals surface area contributed by atoms with E-state index in [1.807, 2.05) is 6.07 Å². The number of nitrogens with one attached hydrogen (secondary N) is 2. The molecule has 0 heterocycles. The molecule has 0 bridgehead atoms. The van der Waals surface area contributed by atoms with E-state index in [1.54, 1.807) is 24.3 Å². The van der Waals surface area contributed by atoms with E-state index in [2.05, 4.69) is 17.2 Å². The predicted molar refractivity (Wildman–Crippen MR) is 78.5 cm³/mol. The number of methoxy groups -OCH3 is 1. The van der Waals surface area contributed by atoms with E-state index in [1.165, 1.54) is 13.3 Å². The lowest BCUT2D eigenvalue weighted by molar-refractivity contribution is -0.112. The van der Waals surface area contributed by atoms with Crippen molar-refractivity contribution in [1.82, 2.24) is 5.32 Å². The molecular weight excluding hydrogens is 278 g/mol. The lowest BCUT2D eigenvalue weighted by Gasteiger charge is -2.07. The number of benzene rings is 1. The van der Waals surface area contributed by atoms with Gasteiger partial charge >= 0.3 is 0 Å². The number of hydrogen-bond donors (Lipinski definition) is 2. The first kappa shape index (κ1) is 15.6. The van der Waals surface area contributed by atoms with Gasteiger partial charge in [0.2, 0.25) is 0 Å². The number of anilines is 1. The Labute approximate surface area is 122 Å². The van der Waals surface area contributed by atoms with E-state index in [9.17, 15) is 4.79 Å². The van der Waals surface area contributed by atoms with Crippen LogP contribution >= 0.6 is 11.6 Å². The quantitative estimate of drug-likeness (QED) is 0.365. The third-order valence-corrected chi connectivity index (χ3v) is 2.58. The Morgan fingerprint density at radius 3 is 2.90 bits per heavy atom. The Hall–Kier alpha value is -2.45. The summed E-state index contributed by atoms with van der Waals surface area (Å²) in [6, 6.07) is 6.62. The predicted octanol–water partition coefficient (Wildman–Crippen LogP) is 2.47. The number of halogens is 1. The zero-order valence-electron chi connectivity index (χ0n) is 10.9. The molecule has 104 valence electrons. The summed E-state index contributed by atoms with van der Waals surface area (Å²) >= 11 is 5.95. The van der Waals surface area contributed by atoms with Gasteiger partial charge in [-0.05, 0) is 18.2 Å². The van der Waals surface area contributed by atoms with Crippen LogP contribution in [0.3, 0.4) is 0 Å². The Morgan fingerprint density at radius 2 is 2.35 bits per heavy atom. The van der Waals surface area contributed by atoms with Gasteiger partial charge in [0.15, 0.2) is 0 Å². The number of rotatable bonds is 6. The molecule has 1 aromatic rings. The van der Waals surface area contributed by atoms with Gasteiger partial charge in [0.1, 0.15) is 17.4 Å². The van der Waals surface area contributed by atoms with Crippen molar-refractivity contribution in [3.05, 3.63) is 47.6 Å². The highest BCUT2D eigenvalue weighted by atomic mass is 35.5. The smallest absolute Gasteiger partial charge is 0.267 e. The SMILES string of the molecule is C=CCN/C=C(/C#N)C(=O)Nc1ccc(OC)c(Cl)c1. The second-order valence-electron chi connectivity index (χ2n) is 3.67. The molecule has 1 amide bonds. The largest absolute Gasteiger partial charge is 0.495 e. The van der Waals surface area contributed by atoms with Gasteiger partial charge in [-0.2, -0.15) is 5.26 Å². The Balaban J connectivity index is 2.79. The van der Waals surface area contributed by atoms with Gasteiger partial charge in [-0.1, -0.05) is 17.7 Å². The maximum absolute atomic E-state index is 11.9. The van der Waals surface area contributed by atoms with Gasteiger partial charge in [0.25, 0.3) is 5.91 Å². The first-order valence-corrected chi connectivity index (χ1v) is 6.09. The molecular formula is C14H14ClN3O2. The van der Waals surface area contributed by atoms with Crippen molar-refractivity contribution in [1.29, 1.82) is 5.26 Å². The molecule has 0 fully saturated rings. The minimum absolute atomic E-state index is 0.0428. The number of ether oxygens (including phenoxy) is 1. The molecule has 0 aromatic heterocycles. The molecule has 0 atom stereocenters. The van der Waals surface area contributed by atoms with E-state index in [-0.39, 0.29) is 5.57 Å². The summed E-state index contributed by atoms with van der Waals surface area (Å²) in [5.74, 6) is -0.0151. The molecule has 0 saturated carbocycles. The highest BCUT2D eigenvalue weighted by molar-refractivity contribution is 6.32. The van der Waals surface area contributed by atoms with Crippen LogP contribution in [-0.2, 0) is 4.79 Å². The minimum atomic E-state index is -0.523. The minimum Gasteiger partial charge on any atom is -0.495 e. The number of nitriles is 1. The van der Waals surface area contributed by atoms with E-state index >= 15 is 0 Å². The van der Waals surface area contributed by atoms with Crippen molar-refractivity contribution in [3.63, 3.8) is 0 Å². The lowest BCUT2D eigenvalue weighted by atomic mass is 10.2. The van der Waals surface area contributed by atoms with Crippen LogP contribution in [0.15, 0.2) is 42.6 Å². The molecule has 0 aliphatic rings. The fourth-order valence-electron chi connectivity index (χ4n) is 1.34. The van der Waals surface area contributed by atoms with Gasteiger partial charge in [-0.25, -0.2) is 0 Å². The molecule has 0 aliphatic carbocycles. The van der Waals surface area contributed by atoms with Crippen molar-refractivity contribution in [2.75, 3.05) is 19.0 Å². The maximum Gasteiger partial charge on any atom is 0.267 e. The highest BCUT2D eigenvalue weighted by Crippen LogP contribution is 2.27. The fourth-order valence-corrected chi connectivity index (χ4v) is 1.59. The van der Waals surface area contributed by atoms with Gasteiger partial charge in [-0.3, -0.25) is 4.79 Å². The van der Waals surface area contributed by atoms with Crippen molar-refractivity contribution < 1.29 is 9.53 Å². The Bertz CT molecular complexity index is 576. The molecule has 0 saturated heterocycles. The molecule has 0 spiro atoms. The van der Waals surface area contributed by atoms with Crippen molar-refractivity contribution >= 4 is 23.2 Å². The topological polar surface area (TPSA) is 74.2 Å². The summed E-state index contributed by atoms with van der Waals surface area (Å²) in [6.07, 6.45) is 2.95. The number of carbonyl (C=O) groups is 1. The van der Waals surface area contributed by atoms with Crippen LogP contribution in [0.5, 0.6) is 5.75 Å². The second-order valence-corrected chi connectivity index (χ2v) is 4.08. The Morgan fingerprint density at radius 1 is 1.60 bits per heavy atom. The van der Waals surface area contributed by atoms with Crippen LogP contribution in [0.1, 0.15) is 0 Å². The molecule has 0 unspecified atom stereocenters. The van der Waals surface area contributed by atoms with Crippen LogP contribution < -0.4 is 15.4 Å². The molecule has 1 aromatic carbocycles. The third kappa shape index (κ3) is 4.34. The van der Waals surface area contributed by atoms with Gasteiger partial charge in [-0.15, -0.1) is 6.58 Å². The van der Waals surface area contributed by atoms with Gasteiger partial charge < -0.3 is 15.4 Å². The molecule has 20 heavy (non-hydrogen) atoms.